The second-order valence-electron chi connectivity index (χ2n) is 9.45. The molecule has 0 bridgehead atoms. The molecule has 0 radical (unpaired) electrons. The maximum Gasteiger partial charge on any atom is 0.306 e. The number of hydrogen-bond acceptors (Lipinski definition) is 7. The Bertz CT molecular complexity index is 1330. The molecule has 0 aromatic heterocycles. The number of halogens is 1. The summed E-state index contributed by atoms with van der Waals surface area (Å²) >= 11 is 3.17. The summed E-state index contributed by atoms with van der Waals surface area (Å²) < 4.78 is 38.5. The summed E-state index contributed by atoms with van der Waals surface area (Å²) in [6.07, 6.45) is 0.983. The molecule has 1 aliphatic rings. The van der Waals surface area contributed by atoms with Crippen LogP contribution < -0.4 is 14.2 Å². The summed E-state index contributed by atoms with van der Waals surface area (Å²) in [4.78, 5) is 27.5. The van der Waals surface area contributed by atoms with Crippen molar-refractivity contribution in [3.63, 3.8) is 0 Å². The smallest absolute Gasteiger partial charge is 0.306 e. The minimum atomic E-state index is -3.73. The second kappa shape index (κ2) is 10.6. The molecule has 1 amide bonds. The highest BCUT2D eigenvalue weighted by Crippen LogP contribution is 2.34. The molecule has 1 aliphatic heterocycles. The predicted octanol–water partition coefficient (Wildman–Crippen LogP) is 3.84. The molecular weight excluding hydrogens is 550 g/mol. The van der Waals surface area contributed by atoms with Gasteiger partial charge in [-0.05, 0) is 48.2 Å². The van der Waals surface area contributed by atoms with E-state index < -0.39 is 15.5 Å². The van der Waals surface area contributed by atoms with Gasteiger partial charge in [0.1, 0.15) is 17.3 Å². The number of carbonyl (C=O) groups excluding carboxylic acids is 2. The Morgan fingerprint density at radius 1 is 1.17 bits per heavy atom. The number of fused-ring (bicyclic) bond motifs is 1. The number of ether oxygens (including phenoxy) is 1. The molecular formula is C25H30BrN3O6S. The van der Waals surface area contributed by atoms with Crippen molar-refractivity contribution in [1.82, 2.24) is 10.2 Å². The predicted molar refractivity (Wildman–Crippen MR) is 142 cm³/mol. The van der Waals surface area contributed by atoms with Crippen molar-refractivity contribution in [2.75, 3.05) is 26.5 Å². The number of rotatable bonds is 8. The Hall–Kier alpha value is -2.92. The van der Waals surface area contributed by atoms with Gasteiger partial charge in [-0.15, -0.1) is 0 Å². The molecule has 3 rings (SSSR count). The molecule has 2 aromatic carbocycles. The average Bonchev–Trinajstić information content (AvgIpc) is 3.12. The number of Topliss-reactive ketones (excluding diaryl/α,β-unsaturated/α-hetero) is 1. The van der Waals surface area contributed by atoms with Crippen LogP contribution in [0.2, 0.25) is 0 Å². The summed E-state index contributed by atoms with van der Waals surface area (Å²) in [6.45, 7) is 8.42. The van der Waals surface area contributed by atoms with Gasteiger partial charge in [0.25, 0.3) is 5.91 Å². The number of ketones is 1. The monoisotopic (exact) mass is 579 g/mol. The van der Waals surface area contributed by atoms with Crippen LogP contribution in [-0.2, 0) is 22.1 Å². The lowest BCUT2D eigenvalue weighted by Gasteiger charge is -2.23. The molecule has 0 saturated heterocycles. The molecule has 0 unspecified atom stereocenters. The largest absolute Gasteiger partial charge is 0.493 e. The number of benzene rings is 2. The first-order valence-electron chi connectivity index (χ1n) is 11.3. The van der Waals surface area contributed by atoms with E-state index in [4.69, 9.17) is 8.92 Å². The Labute approximate surface area is 220 Å². The van der Waals surface area contributed by atoms with Gasteiger partial charge in [0.05, 0.1) is 41.1 Å². The summed E-state index contributed by atoms with van der Waals surface area (Å²) in [5.41, 5.74) is 2.56. The van der Waals surface area contributed by atoms with E-state index in [0.717, 1.165) is 17.4 Å². The highest BCUT2D eigenvalue weighted by molar-refractivity contribution is 9.08. The number of amides is 1. The van der Waals surface area contributed by atoms with Crippen molar-refractivity contribution in [2.45, 2.75) is 39.7 Å². The fourth-order valence-corrected chi connectivity index (χ4v) is 4.91. The van der Waals surface area contributed by atoms with Crippen LogP contribution in [0.5, 0.6) is 11.5 Å². The van der Waals surface area contributed by atoms with E-state index in [2.05, 4.69) is 25.5 Å². The van der Waals surface area contributed by atoms with Crippen molar-refractivity contribution in [2.24, 2.45) is 4.02 Å². The fraction of sp³-hybridized carbons (Fsp3) is 0.400. The third-order valence-electron chi connectivity index (χ3n) is 5.64. The van der Waals surface area contributed by atoms with E-state index in [1.165, 1.54) is 6.07 Å². The zero-order valence-corrected chi connectivity index (χ0v) is 23.5. The van der Waals surface area contributed by atoms with Crippen LogP contribution in [0.25, 0.3) is 0 Å². The average molecular weight is 581 g/mol. The molecule has 0 spiro atoms. The molecule has 0 saturated carbocycles. The molecule has 9 nitrogen and oxygen atoms in total. The van der Waals surface area contributed by atoms with Gasteiger partial charge in [-0.2, -0.15) is 12.4 Å². The minimum absolute atomic E-state index is 0.0221. The summed E-state index contributed by atoms with van der Waals surface area (Å²) in [5, 5.41) is 2.62. The normalized spacial score (nSPS) is 14.5. The third kappa shape index (κ3) is 6.07. The molecule has 11 heteroatoms. The summed E-state index contributed by atoms with van der Waals surface area (Å²) in [6, 6.07) is 8.27. The van der Waals surface area contributed by atoms with E-state index in [1.807, 2.05) is 32.6 Å². The Balaban J connectivity index is 1.93. The maximum absolute atomic E-state index is 13.3. The van der Waals surface area contributed by atoms with Crippen LogP contribution in [0.1, 0.15) is 65.1 Å². The zero-order valence-electron chi connectivity index (χ0n) is 21.1. The topological polar surface area (TPSA) is 114 Å². The van der Waals surface area contributed by atoms with Gasteiger partial charge in [0, 0.05) is 30.3 Å². The van der Waals surface area contributed by atoms with E-state index in [1.54, 1.807) is 31.3 Å². The summed E-state index contributed by atoms with van der Waals surface area (Å²) in [5.74, 6) is 0.733. The van der Waals surface area contributed by atoms with Crippen molar-refractivity contribution < 1.29 is 26.9 Å². The van der Waals surface area contributed by atoms with Crippen LogP contribution in [0.3, 0.4) is 0 Å². The first kappa shape index (κ1) is 27.7. The minimum Gasteiger partial charge on any atom is -0.493 e. The number of nitrogens with zero attached hydrogens (tertiary/aromatic N) is 2. The Kier molecular flexibility index (Phi) is 8.14. The lowest BCUT2D eigenvalue weighted by molar-refractivity contribution is 0.0953. The lowest BCUT2D eigenvalue weighted by Crippen LogP contribution is -2.31. The first-order chi connectivity index (χ1) is 16.8. The van der Waals surface area contributed by atoms with E-state index in [-0.39, 0.29) is 24.0 Å². The molecule has 1 heterocycles. The molecule has 36 heavy (non-hydrogen) atoms. The van der Waals surface area contributed by atoms with Crippen LogP contribution in [0, 0.1) is 0 Å². The van der Waals surface area contributed by atoms with Gasteiger partial charge in [0.15, 0.2) is 5.78 Å². The maximum atomic E-state index is 13.3. The van der Waals surface area contributed by atoms with E-state index in [0.29, 0.717) is 41.4 Å². The quantitative estimate of drug-likeness (QED) is 0.373. The van der Waals surface area contributed by atoms with Crippen LogP contribution in [0.15, 0.2) is 34.4 Å². The van der Waals surface area contributed by atoms with Crippen LogP contribution >= 0.6 is 16.1 Å². The van der Waals surface area contributed by atoms with Gasteiger partial charge in [0.2, 0.25) is 0 Å². The third-order valence-corrected chi connectivity index (χ3v) is 6.46. The number of carbonyl (C=O) groups is 2. The van der Waals surface area contributed by atoms with E-state index >= 15 is 0 Å². The zero-order chi connectivity index (χ0) is 26.8. The lowest BCUT2D eigenvalue weighted by atomic mass is 9.85. The van der Waals surface area contributed by atoms with Crippen LogP contribution in [-0.4, -0.2) is 57.3 Å². The second-order valence-corrected chi connectivity index (χ2v) is 11.4. The van der Waals surface area contributed by atoms with Crippen molar-refractivity contribution in [3.05, 3.63) is 58.1 Å². The van der Waals surface area contributed by atoms with Gasteiger partial charge in [-0.3, -0.25) is 9.59 Å². The molecule has 194 valence electrons. The number of nitrogens with one attached hydrogen (secondary N) is 1. The first-order valence-corrected chi connectivity index (χ1v) is 13.8. The van der Waals surface area contributed by atoms with Gasteiger partial charge < -0.3 is 19.1 Å². The number of hydrogen-bond donors (Lipinski definition) is 1. The SMILES string of the molecule is CCOc1cc2c(cc1C(=O)NC)/C(=N/Br)N(CC(=O)c1ccc(OS(C)(=O)=O)c(C(C)(C)C)c1)C2. The van der Waals surface area contributed by atoms with Crippen LogP contribution in [0.4, 0.5) is 0 Å². The molecule has 2 aromatic rings. The molecule has 1 N–H and O–H groups in total. The Morgan fingerprint density at radius 2 is 1.86 bits per heavy atom. The molecule has 0 aliphatic carbocycles. The van der Waals surface area contributed by atoms with Crippen molar-refractivity contribution in [1.29, 1.82) is 0 Å². The molecule has 0 atom stereocenters. The van der Waals surface area contributed by atoms with Crippen molar-refractivity contribution in [3.8, 4) is 11.5 Å². The van der Waals surface area contributed by atoms with Gasteiger partial charge in [-0.1, -0.05) is 20.8 Å². The number of amidine groups is 1. The standard InChI is InChI=1S/C25H30BrN3O6S/c1-7-34-22-11-16-13-29(23(28-26)17(16)12-18(22)24(31)27-5)14-20(30)15-8-9-21(35-36(6,32)33)19(10-15)25(2,3)4/h8-12H,7,13-14H2,1-6H3,(H,27,31)/b28-23-. The van der Waals surface area contributed by atoms with Gasteiger partial charge >= 0.3 is 10.1 Å². The summed E-state index contributed by atoms with van der Waals surface area (Å²) in [7, 11) is -2.18. The van der Waals surface area contributed by atoms with Gasteiger partial charge in [-0.25, -0.2) is 0 Å². The fourth-order valence-electron chi connectivity index (χ4n) is 4.02. The van der Waals surface area contributed by atoms with Crippen molar-refractivity contribution >= 4 is 43.8 Å². The highest BCUT2D eigenvalue weighted by atomic mass is 79.9. The van der Waals surface area contributed by atoms with E-state index in [9.17, 15) is 18.0 Å². The molecule has 0 fully saturated rings. The highest BCUT2D eigenvalue weighted by Gasteiger charge is 2.31. The Morgan fingerprint density at radius 3 is 2.42 bits per heavy atom.